The van der Waals surface area contributed by atoms with Crippen LogP contribution in [-0.2, 0) is 42.4 Å². The van der Waals surface area contributed by atoms with Gasteiger partial charge in [0.1, 0.15) is 0 Å². The second kappa shape index (κ2) is 68.8. The first-order chi connectivity index (χ1) is 2.00. The molecule has 0 aromatic rings. The van der Waals surface area contributed by atoms with E-state index in [9.17, 15) is 0 Å². The van der Waals surface area contributed by atoms with Gasteiger partial charge in [-0.15, -0.1) is 0 Å². The van der Waals surface area contributed by atoms with Crippen LogP contribution in [0.25, 0.3) is 0 Å². The van der Waals surface area contributed by atoms with Gasteiger partial charge in [-0.1, -0.05) is 0 Å². The van der Waals surface area contributed by atoms with Crippen molar-refractivity contribution in [2.24, 2.45) is 10.3 Å². The van der Waals surface area contributed by atoms with Gasteiger partial charge in [0.2, 0.25) is 0 Å². The summed E-state index contributed by atoms with van der Waals surface area (Å²) in [6.45, 7) is 0. The van der Waals surface area contributed by atoms with Crippen LogP contribution in [0.4, 0.5) is 0 Å². The van der Waals surface area contributed by atoms with E-state index < -0.39 is 0 Å². The predicted molar refractivity (Wildman–Crippen MR) is 23.1 cm³/mol. The molecule has 0 unspecified atom stereocenters. The topological polar surface area (TPSA) is 52.0 Å². The Kier molecular flexibility index (Phi) is 227. The maximum absolute atomic E-state index is 4.08. The third-order valence-electron chi connectivity index (χ3n) is 0. The minimum Gasteiger partial charge on any atom is -0.709 e. The average Bonchev–Trinajstić information content (AvgIpc) is 1.50. The fraction of sp³-hybridized carbons (Fsp3) is 0. The monoisotopic (exact) mass is 155 g/mol. The standard InChI is InChI=1S/Co.2H2NS/c;2*1-2/h;2*1H2/q+2;2*-1. The Morgan fingerprint density at radius 1 is 0.800 bits per heavy atom. The summed E-state index contributed by atoms with van der Waals surface area (Å²) in [5, 5.41) is 8.17. The number of hydrogen-bond acceptors (Lipinski definition) is 4. The maximum Gasteiger partial charge on any atom is 2.00 e. The minimum absolute atomic E-state index is 0. The van der Waals surface area contributed by atoms with Crippen molar-refractivity contribution in [2.45, 2.75) is 0 Å². The third-order valence-corrected chi connectivity index (χ3v) is 0. The first-order valence-corrected chi connectivity index (χ1v) is 1.41. The van der Waals surface area contributed by atoms with Gasteiger partial charge in [-0.2, -0.15) is 0 Å². The summed E-state index contributed by atoms with van der Waals surface area (Å²) in [6, 6.07) is 0. The fourth-order valence-corrected chi connectivity index (χ4v) is 0. The van der Waals surface area contributed by atoms with Crippen molar-refractivity contribution in [2.75, 3.05) is 0 Å². The molecule has 1 radical (unpaired) electrons. The summed E-state index contributed by atoms with van der Waals surface area (Å²) < 4.78 is 0. The second-order valence-electron chi connectivity index (χ2n) is 0. The normalized spacial score (nSPS) is 2.40. The Labute approximate surface area is 53.0 Å². The van der Waals surface area contributed by atoms with Crippen LogP contribution >= 0.6 is 0 Å². The molecule has 0 aromatic carbocycles. The van der Waals surface area contributed by atoms with Crippen LogP contribution in [0.15, 0.2) is 0 Å². The van der Waals surface area contributed by atoms with Crippen molar-refractivity contribution < 1.29 is 16.8 Å². The molecule has 0 heterocycles. The zero-order valence-electron chi connectivity index (χ0n) is 2.30. The summed E-state index contributed by atoms with van der Waals surface area (Å²) in [6.07, 6.45) is 0. The van der Waals surface area contributed by atoms with Gasteiger partial charge in [0.15, 0.2) is 0 Å². The molecular formula is H4CoN2S2. The summed E-state index contributed by atoms with van der Waals surface area (Å²) in [5.74, 6) is 0. The summed E-state index contributed by atoms with van der Waals surface area (Å²) in [5.41, 5.74) is 0. The van der Waals surface area contributed by atoms with Gasteiger partial charge in [0.25, 0.3) is 0 Å². The van der Waals surface area contributed by atoms with Gasteiger partial charge < -0.3 is 35.9 Å². The largest absolute Gasteiger partial charge is 2.00 e. The van der Waals surface area contributed by atoms with Gasteiger partial charge >= 0.3 is 16.8 Å². The van der Waals surface area contributed by atoms with Crippen LogP contribution in [0.3, 0.4) is 0 Å². The van der Waals surface area contributed by atoms with E-state index in [1.54, 1.807) is 0 Å². The van der Waals surface area contributed by atoms with Crippen LogP contribution < -0.4 is 10.3 Å². The number of rotatable bonds is 0. The van der Waals surface area contributed by atoms with E-state index in [0.29, 0.717) is 0 Å². The van der Waals surface area contributed by atoms with Crippen LogP contribution in [0, 0.1) is 0 Å². The first kappa shape index (κ1) is 16.5. The molecule has 0 aromatic heterocycles. The zero-order chi connectivity index (χ0) is 4.00. The molecular weight excluding hydrogens is 151 g/mol. The molecule has 0 aliphatic rings. The summed E-state index contributed by atoms with van der Waals surface area (Å²) >= 11 is 7.17. The van der Waals surface area contributed by atoms with Gasteiger partial charge in [-0.3, -0.25) is 0 Å². The smallest absolute Gasteiger partial charge is 0.709 e. The Bertz CT molecular complexity index is 7.61. The maximum atomic E-state index is 4.08. The number of hydrogen-bond donors (Lipinski definition) is 2. The summed E-state index contributed by atoms with van der Waals surface area (Å²) in [4.78, 5) is 0. The Hall–Kier alpha value is 1.13. The molecule has 0 aliphatic heterocycles. The Morgan fingerprint density at radius 2 is 0.800 bits per heavy atom. The molecule has 0 saturated heterocycles. The molecule has 0 rings (SSSR count). The fourth-order valence-electron chi connectivity index (χ4n) is 0. The molecule has 2 nitrogen and oxygen atoms in total. The molecule has 0 aliphatic carbocycles. The van der Waals surface area contributed by atoms with E-state index in [2.05, 4.69) is 35.9 Å². The van der Waals surface area contributed by atoms with Crippen LogP contribution in [0.1, 0.15) is 0 Å². The van der Waals surface area contributed by atoms with E-state index in [1.165, 1.54) is 0 Å². The van der Waals surface area contributed by atoms with Gasteiger partial charge in [0, 0.05) is 0 Å². The third kappa shape index (κ3) is 39.5. The molecule has 0 fully saturated rings. The Morgan fingerprint density at radius 3 is 0.800 bits per heavy atom. The van der Waals surface area contributed by atoms with Crippen LogP contribution in [0.5, 0.6) is 0 Å². The first-order valence-electron chi connectivity index (χ1n) is 0.471. The molecule has 4 N–H and O–H groups in total. The van der Waals surface area contributed by atoms with E-state index in [0.717, 1.165) is 0 Å². The van der Waals surface area contributed by atoms with E-state index in [1.807, 2.05) is 0 Å². The molecule has 0 amide bonds. The molecule has 35 valence electrons. The zero-order valence-corrected chi connectivity index (χ0v) is 4.98. The average molecular weight is 155 g/mol. The predicted octanol–water partition coefficient (Wildman–Crippen LogP) is -1.19. The van der Waals surface area contributed by atoms with Crippen molar-refractivity contribution >= 4 is 25.6 Å². The van der Waals surface area contributed by atoms with Crippen molar-refractivity contribution in [1.82, 2.24) is 0 Å². The minimum atomic E-state index is 0. The molecule has 0 spiro atoms. The second-order valence-corrected chi connectivity index (χ2v) is 0. The van der Waals surface area contributed by atoms with E-state index in [-0.39, 0.29) is 16.8 Å². The molecule has 0 saturated carbocycles. The van der Waals surface area contributed by atoms with Crippen LogP contribution in [0.2, 0.25) is 0 Å². The van der Waals surface area contributed by atoms with Crippen molar-refractivity contribution in [3.63, 3.8) is 0 Å². The van der Waals surface area contributed by atoms with Crippen molar-refractivity contribution in [3.8, 4) is 0 Å². The van der Waals surface area contributed by atoms with Gasteiger partial charge in [-0.05, 0) is 0 Å². The van der Waals surface area contributed by atoms with Crippen molar-refractivity contribution in [3.05, 3.63) is 0 Å². The molecule has 5 heavy (non-hydrogen) atoms. The molecule has 0 atom stereocenters. The number of nitrogens with two attached hydrogens (primary N) is 2. The quantitative estimate of drug-likeness (QED) is 0.432. The van der Waals surface area contributed by atoms with Crippen LogP contribution in [-0.4, -0.2) is 0 Å². The SMILES string of the molecule is N[S-].N[S-].[Co+2]. The van der Waals surface area contributed by atoms with E-state index >= 15 is 0 Å². The van der Waals surface area contributed by atoms with E-state index in [4.69, 9.17) is 0 Å². The van der Waals surface area contributed by atoms with Gasteiger partial charge in [0.05, 0.1) is 0 Å². The molecule has 0 bridgehead atoms. The van der Waals surface area contributed by atoms with Crippen molar-refractivity contribution in [1.29, 1.82) is 0 Å². The molecule has 5 heteroatoms. The summed E-state index contributed by atoms with van der Waals surface area (Å²) in [7, 11) is 0. The Balaban J connectivity index is -0.0000000133. The van der Waals surface area contributed by atoms with Gasteiger partial charge in [-0.25, -0.2) is 0 Å².